The van der Waals surface area contributed by atoms with Gasteiger partial charge in [-0.15, -0.1) is 0 Å². The highest BCUT2D eigenvalue weighted by Crippen LogP contribution is 2.53. The number of hydrogen-bond acceptors (Lipinski definition) is 11. The van der Waals surface area contributed by atoms with Crippen LogP contribution >= 0.6 is 0 Å². The summed E-state index contributed by atoms with van der Waals surface area (Å²) < 4.78 is 41.4. The highest BCUT2D eigenvalue weighted by Gasteiger charge is 2.55. The van der Waals surface area contributed by atoms with Crippen molar-refractivity contribution in [3.63, 3.8) is 0 Å². The highest BCUT2D eigenvalue weighted by molar-refractivity contribution is 5.77. The molecule has 6 heterocycles. The fraction of sp³-hybridized carbons (Fsp3) is 0.889. The number of fused-ring (bicyclic) bond motifs is 6. The monoisotopic (exact) mass is 1180 g/mol. The normalized spacial score (nSPS) is 36.5. The molecule has 0 aromatic heterocycles. The first-order chi connectivity index (χ1) is 38.2. The van der Waals surface area contributed by atoms with E-state index in [1.54, 1.807) is 6.92 Å². The van der Waals surface area contributed by atoms with E-state index in [4.69, 9.17) is 50.0 Å². The van der Waals surface area contributed by atoms with Crippen LogP contribution in [0.2, 0.25) is 0 Å². The van der Waals surface area contributed by atoms with Crippen molar-refractivity contribution < 1.29 is 92.3 Å². The Morgan fingerprint density at radius 3 is 1.12 bits per heavy atom. The van der Waals surface area contributed by atoms with Crippen LogP contribution < -0.4 is 0 Å². The third kappa shape index (κ3) is 18.5. The Balaban J connectivity index is 0.000000178. The third-order valence-corrected chi connectivity index (χ3v) is 21.6. The number of carboxylic acids is 7. The molecule has 0 amide bonds. The van der Waals surface area contributed by atoms with Crippen LogP contribution in [0.3, 0.4) is 0 Å². The highest BCUT2D eigenvalue weighted by atomic mass is 19.3. The lowest BCUT2D eigenvalue weighted by molar-refractivity contribution is -0.159. The molecule has 1 spiro atoms. The van der Waals surface area contributed by atoms with Crippen LogP contribution in [0.4, 0.5) is 8.78 Å². The van der Waals surface area contributed by atoms with Gasteiger partial charge in [-0.25, -0.2) is 8.78 Å². The Hall–Kier alpha value is -4.01. The lowest BCUT2D eigenvalue weighted by Gasteiger charge is -2.40. The fourth-order valence-corrected chi connectivity index (χ4v) is 14.4. The van der Waals surface area contributed by atoms with E-state index < -0.39 is 85.6 Å². The molecule has 0 aromatic carbocycles. The number of carboxylic acid groups (broad SMARTS) is 7. The Morgan fingerprint density at radius 2 is 0.747 bits per heavy atom. The molecule has 0 radical (unpaired) electrons. The number of alkyl halides is 2. The predicted molar refractivity (Wildman–Crippen MR) is 304 cm³/mol. The summed E-state index contributed by atoms with van der Waals surface area (Å²) in [5.74, 6) is -6.03. The molecular formula is C63H103F2NO17. The average molecular weight is 1180 g/mol. The maximum atomic E-state index is 12.6. The zero-order valence-corrected chi connectivity index (χ0v) is 51.6. The summed E-state index contributed by atoms with van der Waals surface area (Å²) in [5, 5.41) is 62.6. The van der Waals surface area contributed by atoms with Gasteiger partial charge in [0.1, 0.15) is 0 Å². The zero-order chi connectivity index (χ0) is 62.4. The molecule has 6 bridgehead atoms. The molecule has 7 unspecified atom stereocenters. The molecule has 476 valence electrons. The summed E-state index contributed by atoms with van der Waals surface area (Å²) in [5.41, 5.74) is -3.50. The van der Waals surface area contributed by atoms with E-state index in [0.717, 1.165) is 77.0 Å². The number of nitrogens with zero attached hydrogens (tertiary/aromatic N) is 1. The first-order valence-corrected chi connectivity index (χ1v) is 30.8. The van der Waals surface area contributed by atoms with Gasteiger partial charge in [0.25, 0.3) is 0 Å². The SMILES string of the molecule is CC1(C(=O)O)CC2CCC(C1)O2.CC1(C(=O)O)CC2CCC(C2)C1.CC1(C(=O)O)CCC(F)(F)CC1.CC1(C(=O)O)CCOC2(CC2)C1.CC1(C(=O)O)CCOCC1.CC1(C)CCC(C)(C(=O)O)CC1.CN1C2CCC1CC(C)(C(=O)O)C2. The van der Waals surface area contributed by atoms with Crippen LogP contribution in [0.15, 0.2) is 0 Å². The summed E-state index contributed by atoms with van der Waals surface area (Å²) in [7, 11) is 2.13. The molecule has 20 heteroatoms. The van der Waals surface area contributed by atoms with Crippen molar-refractivity contribution in [3.05, 3.63) is 0 Å². The minimum absolute atomic E-state index is 0.0363. The first-order valence-electron chi connectivity index (χ1n) is 30.8. The molecule has 7 atom stereocenters. The third-order valence-electron chi connectivity index (χ3n) is 21.6. The summed E-state index contributed by atoms with van der Waals surface area (Å²) in [4.78, 5) is 78.5. The maximum Gasteiger partial charge on any atom is 0.309 e. The molecule has 5 aliphatic carbocycles. The summed E-state index contributed by atoms with van der Waals surface area (Å²) >= 11 is 0. The molecule has 0 aromatic rings. The van der Waals surface area contributed by atoms with E-state index in [2.05, 4.69) is 25.8 Å². The number of ether oxygens (including phenoxy) is 3. The second kappa shape index (κ2) is 26.9. The molecule has 7 N–H and O–H groups in total. The van der Waals surface area contributed by atoms with Gasteiger partial charge < -0.3 is 54.9 Å². The number of rotatable bonds is 7. The molecule has 5 saturated carbocycles. The van der Waals surface area contributed by atoms with Gasteiger partial charge in [0.2, 0.25) is 5.92 Å². The fourth-order valence-electron chi connectivity index (χ4n) is 14.4. The quantitative estimate of drug-likeness (QED) is 0.125. The second-order valence-corrected chi connectivity index (χ2v) is 29.9. The number of halogens is 2. The maximum absolute atomic E-state index is 12.6. The lowest BCUT2D eigenvalue weighted by atomic mass is 9.66. The minimum Gasteiger partial charge on any atom is -0.481 e. The Bertz CT molecular complexity index is 2130. The number of aliphatic carboxylic acids is 7. The largest absolute Gasteiger partial charge is 0.481 e. The van der Waals surface area contributed by atoms with Crippen LogP contribution in [0.25, 0.3) is 0 Å². The van der Waals surface area contributed by atoms with Crippen molar-refractivity contribution >= 4 is 41.8 Å². The van der Waals surface area contributed by atoms with Crippen molar-refractivity contribution in [3.8, 4) is 0 Å². The van der Waals surface area contributed by atoms with Crippen molar-refractivity contribution in [1.29, 1.82) is 0 Å². The van der Waals surface area contributed by atoms with E-state index in [1.807, 2.05) is 34.6 Å². The first kappa shape index (κ1) is 69.8. The zero-order valence-electron chi connectivity index (χ0n) is 51.6. The Morgan fingerprint density at radius 1 is 0.398 bits per heavy atom. The van der Waals surface area contributed by atoms with Crippen molar-refractivity contribution in [2.45, 2.75) is 271 Å². The molecule has 83 heavy (non-hydrogen) atoms. The van der Waals surface area contributed by atoms with E-state index >= 15 is 0 Å². The molecular weight excluding hydrogens is 1080 g/mol. The van der Waals surface area contributed by atoms with Gasteiger partial charge in [-0.2, -0.15) is 0 Å². The van der Waals surface area contributed by atoms with Crippen molar-refractivity contribution in [2.24, 2.45) is 55.2 Å². The van der Waals surface area contributed by atoms with Crippen LogP contribution in [0, 0.1) is 55.2 Å². The molecule has 6 aliphatic heterocycles. The van der Waals surface area contributed by atoms with Gasteiger partial charge >= 0.3 is 41.8 Å². The van der Waals surface area contributed by atoms with Crippen molar-refractivity contribution in [2.75, 3.05) is 26.9 Å². The van der Waals surface area contributed by atoms with Gasteiger partial charge in [0.05, 0.1) is 55.7 Å². The Kier molecular flexibility index (Phi) is 22.6. The van der Waals surface area contributed by atoms with E-state index in [9.17, 15) is 42.3 Å². The number of piperidine rings is 1. The molecule has 6 saturated heterocycles. The second-order valence-electron chi connectivity index (χ2n) is 29.9. The molecule has 11 aliphatic rings. The number of hydrogen-bond donors (Lipinski definition) is 7. The van der Waals surface area contributed by atoms with E-state index in [-0.39, 0.29) is 43.5 Å². The molecule has 18 nitrogen and oxygen atoms in total. The van der Waals surface area contributed by atoms with Gasteiger partial charge in [-0.1, -0.05) is 26.7 Å². The standard InChI is InChI=1S/C10H17NO2.C10H16O2.C10H18O2.2C9H14O3.C8H12F2O2.C7H12O3/c1-10(9(12)13)5-7-3-4-8(6-10)11(7)2;1-10(9(11)12)5-7-2-3-8(4-7)6-10;1-9(2)4-6-10(3,7-5-9)8(11)12;1-9(8(10)11)4-6-2-3-7(5-9)12-6;1-8(7(10)11)4-5-12-9(6-8)2-3-9;1-7(6(11)12)2-4-8(9,10)5-3-7;1-7(6(8)9)2-4-10-5-3-7/h7-8H,3-6H2,1-2H3,(H,12,13);7-8H,2-6H2,1H3,(H,11,12);4-7H2,1-3H3,(H,11,12);6-7H,2-5H2,1H3,(H,10,11);2-6H2,1H3,(H,10,11);2-5H2,1H3,(H,11,12);2-5H2,1H3,(H,8,9). The minimum atomic E-state index is -2.64. The topological polar surface area (TPSA) is 292 Å². The van der Waals surface area contributed by atoms with Gasteiger partial charge in [0, 0.05) is 44.7 Å². The molecule has 11 rings (SSSR count). The van der Waals surface area contributed by atoms with Gasteiger partial charge in [-0.05, 0) is 220 Å². The summed E-state index contributed by atoms with van der Waals surface area (Å²) in [6, 6.07) is 1.03. The van der Waals surface area contributed by atoms with Crippen LogP contribution in [-0.4, -0.2) is 145 Å². The smallest absolute Gasteiger partial charge is 0.309 e. The molecule has 11 fully saturated rings. The summed E-state index contributed by atoms with van der Waals surface area (Å²) in [6.45, 7) is 18.9. The van der Waals surface area contributed by atoms with Gasteiger partial charge in [-0.3, -0.25) is 33.6 Å². The van der Waals surface area contributed by atoms with Crippen LogP contribution in [-0.2, 0) is 47.8 Å². The van der Waals surface area contributed by atoms with Gasteiger partial charge in [0.15, 0.2) is 0 Å². The van der Waals surface area contributed by atoms with Crippen LogP contribution in [0.1, 0.15) is 236 Å². The van der Waals surface area contributed by atoms with Crippen molar-refractivity contribution in [1.82, 2.24) is 4.90 Å². The van der Waals surface area contributed by atoms with E-state index in [1.165, 1.54) is 39.0 Å². The summed E-state index contributed by atoms with van der Waals surface area (Å²) in [6.07, 6.45) is 21.6. The number of carbonyl (C=O) groups is 7. The Labute approximate surface area is 490 Å². The average Bonchev–Trinajstić information content (AvgIpc) is 3.31. The van der Waals surface area contributed by atoms with E-state index in [0.29, 0.717) is 87.7 Å². The lowest BCUT2D eigenvalue weighted by Crippen LogP contribution is -2.47. The predicted octanol–water partition coefficient (Wildman–Crippen LogP) is 12.3. The van der Waals surface area contributed by atoms with Crippen LogP contribution in [0.5, 0.6) is 0 Å².